The van der Waals surface area contributed by atoms with Gasteiger partial charge in [0.15, 0.2) is 27.9 Å². The number of benzene rings is 3. The summed E-state index contributed by atoms with van der Waals surface area (Å²) >= 11 is 0. The number of hydrogen-bond acceptors (Lipinski definition) is 13. The molecule has 3 aromatic carbocycles. The molecule has 2 N–H and O–H groups in total. The van der Waals surface area contributed by atoms with Crippen molar-refractivity contribution < 1.29 is 86.4 Å². The van der Waals surface area contributed by atoms with Crippen LogP contribution >= 0.6 is 0 Å². The van der Waals surface area contributed by atoms with Gasteiger partial charge in [-0.05, 0) is 211 Å². The van der Waals surface area contributed by atoms with Crippen LogP contribution in [-0.4, -0.2) is 85.9 Å². The van der Waals surface area contributed by atoms with Crippen molar-refractivity contribution in [3.05, 3.63) is 84.9 Å². The summed E-state index contributed by atoms with van der Waals surface area (Å²) in [6.45, 7) is 3.78. The molecule has 22 heteroatoms. The standard InChI is InChI=1S/C33H33O5S.2C13H18F2O5S.C7H16/c34-31(20-24-21-36-33(38-32(24)35)25-16-22-15-23(18-25)19-26(33)17-22)37-27-11-13-30(14-12-27)39(28-7-3-1-4-8-28)29-9-5-2-6-10-29;2*14-13(15,21(17,18)19)7-20-11(16)12-4-8-1-9(5-12)3-10(2-8)6-12;1-4-7(5-2)6-3/h1-14,22-26H,15-21H2;2*8-10H,1-7H2,(H,17,18,19);7H,4-6H2,1-3H3/q+1;;;. The fraction of sp³-hybridized carbons (Fsp3) is 0.667. The van der Waals surface area contributed by atoms with E-state index in [4.69, 9.17) is 23.3 Å². The van der Waals surface area contributed by atoms with Crippen molar-refractivity contribution in [1.82, 2.24) is 0 Å². The van der Waals surface area contributed by atoms with Crippen LogP contribution < -0.4 is 4.74 Å². The third-order valence-corrected chi connectivity index (χ3v) is 25.2. The second-order valence-corrected chi connectivity index (χ2v) is 32.5. The summed E-state index contributed by atoms with van der Waals surface area (Å²) in [6, 6.07) is 28.5. The summed E-state index contributed by atoms with van der Waals surface area (Å²) in [6.07, 6.45) is 20.2. The molecule has 1 spiro atoms. The van der Waals surface area contributed by atoms with Gasteiger partial charge in [-0.2, -0.15) is 34.4 Å². The Morgan fingerprint density at radius 2 is 0.909 bits per heavy atom. The summed E-state index contributed by atoms with van der Waals surface area (Å²) in [5, 5.41) is -8.91. The number of esters is 4. The SMILES string of the molecule is CCC(CC)CC.O=C(CC1COC2(OC1=O)C1CC3CC(C1)CC2C3)Oc1ccc([S+](c2ccccc2)c2ccccc2)cc1.O=C(OCC(F)(F)S(=O)(=O)O)C12CC3CC(CC(C3)C1)C2.O=C(OCC(F)(F)S(=O)(=O)O)C12CC3CC(CC(C3)C1)C2. The molecule has 0 aromatic heterocycles. The highest BCUT2D eigenvalue weighted by Gasteiger charge is 2.63. The van der Waals surface area contributed by atoms with E-state index >= 15 is 0 Å². The van der Waals surface area contributed by atoms with Crippen LogP contribution in [0.2, 0.25) is 0 Å². The van der Waals surface area contributed by atoms with E-state index in [-0.39, 0.29) is 29.9 Å². The molecule has 0 radical (unpaired) electrons. The van der Waals surface area contributed by atoms with Crippen molar-refractivity contribution in [2.45, 2.75) is 187 Å². The Hall–Kier alpha value is -4.61. The van der Waals surface area contributed by atoms with E-state index in [1.165, 1.54) is 35.5 Å². The smallest absolute Gasteiger partial charge is 0.402 e. The second-order valence-electron chi connectivity index (χ2n) is 27.4. The molecule has 12 saturated carbocycles. The number of hydrogen-bond donors (Lipinski definition) is 2. The Morgan fingerprint density at radius 3 is 1.24 bits per heavy atom. The maximum absolute atomic E-state index is 13.1. The highest BCUT2D eigenvalue weighted by molar-refractivity contribution is 7.97. The zero-order valence-electron chi connectivity index (χ0n) is 50.4. The van der Waals surface area contributed by atoms with Crippen LogP contribution in [0.15, 0.2) is 99.6 Å². The lowest BCUT2D eigenvalue weighted by atomic mass is 9.49. The predicted octanol–water partition coefficient (Wildman–Crippen LogP) is 13.7. The van der Waals surface area contributed by atoms with Gasteiger partial charge in [0.1, 0.15) is 5.75 Å². The lowest BCUT2D eigenvalue weighted by molar-refractivity contribution is -0.344. The first-order valence-electron chi connectivity index (χ1n) is 31.7. The Bertz CT molecular complexity index is 2930. The molecule has 12 aliphatic carbocycles. The van der Waals surface area contributed by atoms with E-state index in [2.05, 4.69) is 78.8 Å². The molecule has 12 bridgehead atoms. The Labute approximate surface area is 517 Å². The predicted molar refractivity (Wildman–Crippen MR) is 318 cm³/mol. The molecule has 13 aliphatic rings. The van der Waals surface area contributed by atoms with E-state index in [1.807, 2.05) is 36.4 Å². The van der Waals surface area contributed by atoms with Gasteiger partial charge in [0.2, 0.25) is 5.79 Å². The monoisotopic (exact) mass is 1290 g/mol. The lowest BCUT2D eigenvalue weighted by Gasteiger charge is -2.60. The normalized spacial score (nSPS) is 32.9. The van der Waals surface area contributed by atoms with Gasteiger partial charge >= 0.3 is 54.6 Å². The molecule has 3 aromatic rings. The van der Waals surface area contributed by atoms with E-state index < -0.39 is 84.4 Å². The zero-order valence-corrected chi connectivity index (χ0v) is 52.9. The largest absolute Gasteiger partial charge is 0.458 e. The minimum Gasteiger partial charge on any atom is -0.458 e. The molecule has 15 nitrogen and oxygen atoms in total. The highest BCUT2D eigenvalue weighted by atomic mass is 32.2. The molecule has 1 aliphatic heterocycles. The van der Waals surface area contributed by atoms with Crippen LogP contribution in [-0.2, 0) is 69.3 Å². The van der Waals surface area contributed by atoms with E-state index in [0.717, 1.165) is 86.9 Å². The van der Waals surface area contributed by atoms with Gasteiger partial charge in [-0.1, -0.05) is 76.4 Å². The molecular formula is C66H85F4O15S3+. The van der Waals surface area contributed by atoms with Crippen molar-refractivity contribution in [2.24, 2.45) is 81.8 Å². The number of alkyl halides is 4. The van der Waals surface area contributed by atoms with Crippen molar-refractivity contribution >= 4 is 55.0 Å². The van der Waals surface area contributed by atoms with Crippen LogP contribution in [0.4, 0.5) is 17.6 Å². The summed E-state index contributed by atoms with van der Waals surface area (Å²) in [5.41, 5.74) is -1.44. The van der Waals surface area contributed by atoms with E-state index in [1.54, 1.807) is 0 Å². The molecular weight excluding hydrogens is 1200 g/mol. The van der Waals surface area contributed by atoms with E-state index in [9.17, 15) is 53.6 Å². The third-order valence-electron chi connectivity index (χ3n) is 21.2. The van der Waals surface area contributed by atoms with E-state index in [0.29, 0.717) is 91.6 Å². The molecule has 1 atom stereocenters. The minimum atomic E-state index is -5.56. The average Bonchev–Trinajstić information content (AvgIpc) is 0.807. The fourth-order valence-electron chi connectivity index (χ4n) is 17.8. The number of carbonyl (C=O) groups excluding carboxylic acids is 4. The average molecular weight is 1290 g/mol. The van der Waals surface area contributed by atoms with Crippen LogP contribution in [0.25, 0.3) is 0 Å². The lowest BCUT2D eigenvalue weighted by Crippen LogP contribution is -2.64. The van der Waals surface area contributed by atoms with Crippen molar-refractivity contribution in [1.29, 1.82) is 0 Å². The van der Waals surface area contributed by atoms with Crippen LogP contribution in [0.1, 0.15) is 156 Å². The maximum Gasteiger partial charge on any atom is 0.402 e. The minimum absolute atomic E-state index is 0.0460. The van der Waals surface area contributed by atoms with Gasteiger partial charge in [-0.25, -0.2) is 0 Å². The molecule has 13 fully saturated rings. The zero-order chi connectivity index (χ0) is 63.0. The van der Waals surface area contributed by atoms with Gasteiger partial charge in [-0.15, -0.1) is 0 Å². The molecule has 484 valence electrons. The molecule has 0 amide bonds. The quantitative estimate of drug-likeness (QED) is 0.0320. The van der Waals surface area contributed by atoms with Gasteiger partial charge in [0.05, 0.1) is 40.7 Å². The first kappa shape index (κ1) is 66.3. The Kier molecular flexibility index (Phi) is 20.0. The van der Waals surface area contributed by atoms with Crippen LogP contribution in [0.3, 0.4) is 0 Å². The van der Waals surface area contributed by atoms with Crippen molar-refractivity contribution in [3.8, 4) is 5.75 Å². The number of halogens is 4. The summed E-state index contributed by atoms with van der Waals surface area (Å²) in [5.74, 6) is 2.69. The van der Waals surface area contributed by atoms with Crippen molar-refractivity contribution in [2.75, 3.05) is 19.8 Å². The fourth-order valence-corrected chi connectivity index (χ4v) is 20.3. The maximum atomic E-state index is 13.1. The number of carbonyl (C=O) groups is 4. The summed E-state index contributed by atoms with van der Waals surface area (Å²) in [7, 11) is -11.4. The van der Waals surface area contributed by atoms with Gasteiger partial charge < -0.3 is 23.7 Å². The molecule has 1 saturated heterocycles. The third kappa shape index (κ3) is 14.5. The Balaban J connectivity index is 0.000000148. The van der Waals surface area contributed by atoms with Gasteiger partial charge in [0, 0.05) is 11.8 Å². The number of ether oxygens (including phenoxy) is 5. The second kappa shape index (κ2) is 26.5. The molecule has 88 heavy (non-hydrogen) atoms. The van der Waals surface area contributed by atoms with Crippen molar-refractivity contribution in [3.63, 3.8) is 0 Å². The molecule has 16 rings (SSSR count). The molecule has 1 heterocycles. The summed E-state index contributed by atoms with van der Waals surface area (Å²) in [4.78, 5) is 53.9. The van der Waals surface area contributed by atoms with Crippen LogP contribution in [0, 0.1) is 81.8 Å². The van der Waals surface area contributed by atoms with Crippen LogP contribution in [0.5, 0.6) is 5.75 Å². The van der Waals surface area contributed by atoms with Gasteiger partial charge in [-0.3, -0.25) is 28.3 Å². The highest BCUT2D eigenvalue weighted by Crippen LogP contribution is 2.63. The Morgan fingerprint density at radius 1 is 0.557 bits per heavy atom. The molecule has 1 unspecified atom stereocenters. The number of rotatable bonds is 17. The first-order chi connectivity index (χ1) is 41.6. The first-order valence-corrected chi connectivity index (χ1v) is 35.8. The topological polar surface area (TPSA) is 223 Å². The summed E-state index contributed by atoms with van der Waals surface area (Å²) < 4.78 is 139. The van der Waals surface area contributed by atoms with Gasteiger partial charge in [0.25, 0.3) is 0 Å².